The number of nitrogens with one attached hydrogen (secondary N) is 1. The van der Waals surface area contributed by atoms with Gasteiger partial charge in [-0.05, 0) is 43.7 Å². The highest BCUT2D eigenvalue weighted by Crippen LogP contribution is 2.37. The molecule has 0 radical (unpaired) electrons. The van der Waals surface area contributed by atoms with Gasteiger partial charge in [-0.1, -0.05) is 18.2 Å². The first-order valence-electron chi connectivity index (χ1n) is 11.7. The number of ether oxygens (including phenoxy) is 2. The summed E-state index contributed by atoms with van der Waals surface area (Å²) in [5.41, 5.74) is 2.90. The fraction of sp³-hybridized carbons (Fsp3) is 0.308. The van der Waals surface area contributed by atoms with Crippen molar-refractivity contribution in [3.8, 4) is 22.6 Å². The summed E-state index contributed by atoms with van der Waals surface area (Å²) in [5, 5.41) is 1.96. The summed E-state index contributed by atoms with van der Waals surface area (Å²) in [4.78, 5) is 24.8. The van der Waals surface area contributed by atoms with Gasteiger partial charge in [0.1, 0.15) is 10.5 Å². The summed E-state index contributed by atoms with van der Waals surface area (Å²) in [6.07, 6.45) is 0. The summed E-state index contributed by atoms with van der Waals surface area (Å²) in [7, 11) is 0. The van der Waals surface area contributed by atoms with Crippen molar-refractivity contribution in [2.45, 2.75) is 13.8 Å². The summed E-state index contributed by atoms with van der Waals surface area (Å²) >= 11 is 1.38. The molecule has 1 aliphatic rings. The Morgan fingerprint density at radius 3 is 2.46 bits per heavy atom. The number of rotatable bonds is 7. The highest BCUT2D eigenvalue weighted by molar-refractivity contribution is 7.17. The Morgan fingerprint density at radius 1 is 1.00 bits per heavy atom. The van der Waals surface area contributed by atoms with Gasteiger partial charge in [-0.2, -0.15) is 0 Å². The Balaban J connectivity index is 1.44. The number of hydrogen-bond donors (Lipinski definition) is 1. The summed E-state index contributed by atoms with van der Waals surface area (Å²) < 4.78 is 26.3. The molecule has 0 amide bonds. The minimum Gasteiger partial charge on any atom is -0.490 e. The van der Waals surface area contributed by atoms with Crippen molar-refractivity contribution in [1.82, 2.24) is 9.97 Å². The number of halogens is 1. The van der Waals surface area contributed by atoms with Crippen LogP contribution in [-0.2, 0) is 0 Å². The van der Waals surface area contributed by atoms with E-state index in [0.29, 0.717) is 72.7 Å². The minimum atomic E-state index is -0.224. The molecule has 1 N–H and O–H groups in total. The van der Waals surface area contributed by atoms with E-state index in [2.05, 4.69) is 4.98 Å². The molecule has 0 atom stereocenters. The molecule has 1 aliphatic heterocycles. The van der Waals surface area contributed by atoms with Crippen LogP contribution >= 0.6 is 11.3 Å². The number of anilines is 2. The zero-order valence-electron chi connectivity index (χ0n) is 19.7. The normalized spacial score (nSPS) is 13.9. The third kappa shape index (κ3) is 4.55. The molecule has 1 fully saturated rings. The third-order valence-corrected chi connectivity index (χ3v) is 7.01. The topological polar surface area (TPSA) is 70.7 Å². The Morgan fingerprint density at radius 2 is 1.71 bits per heavy atom. The second kappa shape index (κ2) is 9.95. The molecule has 7 nitrogen and oxygen atoms in total. The Kier molecular flexibility index (Phi) is 6.59. The van der Waals surface area contributed by atoms with E-state index in [-0.39, 0.29) is 11.4 Å². The molecular formula is C26H27FN4O3S. The molecule has 2 aromatic heterocycles. The first kappa shape index (κ1) is 23.2. The van der Waals surface area contributed by atoms with Crippen LogP contribution in [0.5, 0.6) is 11.5 Å². The smallest absolute Gasteiger partial charge is 0.270 e. The average Bonchev–Trinajstić information content (AvgIpc) is 3.31. The molecular weight excluding hydrogens is 467 g/mol. The summed E-state index contributed by atoms with van der Waals surface area (Å²) in [5.74, 6) is 1.67. The van der Waals surface area contributed by atoms with Gasteiger partial charge >= 0.3 is 0 Å². The molecule has 0 bridgehead atoms. The molecule has 0 unspecified atom stereocenters. The maximum Gasteiger partial charge on any atom is 0.270 e. The summed E-state index contributed by atoms with van der Waals surface area (Å²) in [6.45, 7) is 7.46. The number of benzene rings is 2. The monoisotopic (exact) mass is 494 g/mol. The lowest BCUT2D eigenvalue weighted by Gasteiger charge is -2.36. The molecule has 0 spiro atoms. The van der Waals surface area contributed by atoms with Crippen molar-refractivity contribution in [2.24, 2.45) is 0 Å². The number of piperazine rings is 1. The average molecular weight is 495 g/mol. The quantitative estimate of drug-likeness (QED) is 0.394. The minimum absolute atomic E-state index is 0.159. The third-order valence-electron chi connectivity index (χ3n) is 6.04. The molecule has 3 heterocycles. The predicted octanol–water partition coefficient (Wildman–Crippen LogP) is 4.91. The van der Waals surface area contributed by atoms with Crippen LogP contribution in [0.15, 0.2) is 52.6 Å². The SMILES string of the molecule is CCOc1ccc(-c2csc3c(=O)[nH]c(N4CCN(c5ccccc5F)CC4)nc23)cc1OCC. The van der Waals surface area contributed by atoms with Crippen molar-refractivity contribution < 1.29 is 13.9 Å². The van der Waals surface area contributed by atoms with Gasteiger partial charge in [-0.25, -0.2) is 9.37 Å². The van der Waals surface area contributed by atoms with Gasteiger partial charge in [0, 0.05) is 37.1 Å². The number of thiophene rings is 1. The fourth-order valence-electron chi connectivity index (χ4n) is 4.36. The van der Waals surface area contributed by atoms with Crippen LogP contribution in [0.25, 0.3) is 21.3 Å². The number of aromatic amines is 1. The highest BCUT2D eigenvalue weighted by atomic mass is 32.1. The standard InChI is InChI=1S/C26H27FN4O3S/c1-3-33-21-10-9-17(15-22(21)34-4-2)18-16-35-24-23(18)28-26(29-25(24)32)31-13-11-30(12-14-31)20-8-6-5-7-19(20)27/h5-10,15-16H,3-4,11-14H2,1-2H3,(H,28,29,32). The van der Waals surface area contributed by atoms with E-state index in [4.69, 9.17) is 14.5 Å². The van der Waals surface area contributed by atoms with Crippen molar-refractivity contribution in [1.29, 1.82) is 0 Å². The second-order valence-electron chi connectivity index (χ2n) is 8.17. The van der Waals surface area contributed by atoms with Crippen LogP contribution in [0, 0.1) is 5.82 Å². The maximum absolute atomic E-state index is 14.2. The maximum atomic E-state index is 14.2. The molecule has 0 saturated carbocycles. The Bertz CT molecular complexity index is 1400. The number of fused-ring (bicyclic) bond motifs is 1. The van der Waals surface area contributed by atoms with Crippen molar-refractivity contribution in [3.05, 3.63) is 64.0 Å². The van der Waals surface area contributed by atoms with E-state index in [1.54, 1.807) is 12.1 Å². The van der Waals surface area contributed by atoms with Crippen LogP contribution in [-0.4, -0.2) is 49.4 Å². The molecule has 182 valence electrons. The largest absolute Gasteiger partial charge is 0.490 e. The molecule has 35 heavy (non-hydrogen) atoms. The van der Waals surface area contributed by atoms with Gasteiger partial charge < -0.3 is 19.3 Å². The van der Waals surface area contributed by atoms with Crippen LogP contribution < -0.4 is 24.8 Å². The van der Waals surface area contributed by atoms with E-state index < -0.39 is 0 Å². The molecule has 2 aromatic carbocycles. The van der Waals surface area contributed by atoms with Crippen LogP contribution in [0.2, 0.25) is 0 Å². The number of H-pyrrole nitrogens is 1. The number of nitrogens with zero attached hydrogens (tertiary/aromatic N) is 3. The Labute approximate surface area is 206 Å². The van der Waals surface area contributed by atoms with E-state index >= 15 is 0 Å². The molecule has 5 rings (SSSR count). The molecule has 0 aliphatic carbocycles. The predicted molar refractivity (Wildman–Crippen MR) is 139 cm³/mol. The first-order valence-corrected chi connectivity index (χ1v) is 12.6. The van der Waals surface area contributed by atoms with Gasteiger partial charge in [0.15, 0.2) is 11.5 Å². The van der Waals surface area contributed by atoms with E-state index in [9.17, 15) is 9.18 Å². The van der Waals surface area contributed by atoms with Crippen LogP contribution in [0.1, 0.15) is 13.8 Å². The van der Waals surface area contributed by atoms with Crippen molar-refractivity contribution in [3.63, 3.8) is 0 Å². The van der Waals surface area contributed by atoms with Gasteiger partial charge in [0.05, 0.1) is 24.4 Å². The zero-order chi connectivity index (χ0) is 24.4. The Hall–Kier alpha value is -3.59. The zero-order valence-corrected chi connectivity index (χ0v) is 20.5. The molecule has 9 heteroatoms. The number of hydrogen-bond acceptors (Lipinski definition) is 7. The lowest BCUT2D eigenvalue weighted by molar-refractivity contribution is 0.288. The van der Waals surface area contributed by atoms with Gasteiger partial charge in [0.25, 0.3) is 5.56 Å². The van der Waals surface area contributed by atoms with Crippen molar-refractivity contribution >= 4 is 33.2 Å². The van der Waals surface area contributed by atoms with Gasteiger partial charge in [-0.15, -0.1) is 11.3 Å². The van der Waals surface area contributed by atoms with E-state index in [1.807, 2.05) is 53.3 Å². The first-order chi connectivity index (χ1) is 17.1. The van der Waals surface area contributed by atoms with Crippen molar-refractivity contribution in [2.75, 3.05) is 49.2 Å². The number of para-hydroxylation sites is 1. The number of aromatic nitrogens is 2. The highest BCUT2D eigenvalue weighted by Gasteiger charge is 2.22. The van der Waals surface area contributed by atoms with E-state index in [1.165, 1.54) is 17.4 Å². The lowest BCUT2D eigenvalue weighted by atomic mass is 10.1. The van der Waals surface area contributed by atoms with Crippen LogP contribution in [0.3, 0.4) is 0 Å². The van der Waals surface area contributed by atoms with E-state index in [0.717, 1.165) is 11.1 Å². The fourth-order valence-corrected chi connectivity index (χ4v) is 5.27. The summed E-state index contributed by atoms with van der Waals surface area (Å²) in [6, 6.07) is 12.6. The molecule has 1 saturated heterocycles. The van der Waals surface area contributed by atoms with Gasteiger partial charge in [0.2, 0.25) is 5.95 Å². The van der Waals surface area contributed by atoms with Gasteiger partial charge in [-0.3, -0.25) is 9.78 Å². The lowest BCUT2D eigenvalue weighted by Crippen LogP contribution is -2.47. The second-order valence-corrected chi connectivity index (χ2v) is 9.05. The van der Waals surface area contributed by atoms with Crippen LogP contribution in [0.4, 0.5) is 16.0 Å². The molecule has 4 aromatic rings.